The van der Waals surface area contributed by atoms with Crippen molar-refractivity contribution in [2.24, 2.45) is 0 Å². The van der Waals surface area contributed by atoms with E-state index in [0.717, 1.165) is 0 Å². The average molecular weight is 345 g/mol. The van der Waals surface area contributed by atoms with Gasteiger partial charge in [-0.1, -0.05) is 6.92 Å². The number of nitrogens with one attached hydrogen (secondary N) is 1. The largest absolute Gasteiger partial charge is 0.507 e. The maximum absolute atomic E-state index is 12.2. The Balaban J connectivity index is 2.98. The number of carbonyl (C=O) groups is 1. The van der Waals surface area contributed by atoms with Gasteiger partial charge in [0.05, 0.1) is 31.1 Å². The van der Waals surface area contributed by atoms with Crippen LogP contribution in [0.2, 0.25) is 0 Å². The molecule has 0 fully saturated rings. The van der Waals surface area contributed by atoms with E-state index in [9.17, 15) is 18.3 Å². The highest BCUT2D eigenvalue weighted by Gasteiger charge is 2.19. The van der Waals surface area contributed by atoms with Gasteiger partial charge in [-0.05, 0) is 26.3 Å². The van der Waals surface area contributed by atoms with Crippen LogP contribution in [0, 0.1) is 0 Å². The topological polar surface area (TPSA) is 102 Å². The van der Waals surface area contributed by atoms with E-state index in [2.05, 4.69) is 4.72 Å². The van der Waals surface area contributed by atoms with Crippen LogP contribution in [0.25, 0.3) is 0 Å². The van der Waals surface area contributed by atoms with Crippen LogP contribution >= 0.6 is 0 Å². The average Bonchev–Trinajstić information content (AvgIpc) is 2.48. The summed E-state index contributed by atoms with van der Waals surface area (Å²) >= 11 is 0. The lowest BCUT2D eigenvalue weighted by Gasteiger charge is -2.13. The molecule has 0 aliphatic heterocycles. The van der Waals surface area contributed by atoms with Crippen LogP contribution in [0.5, 0.6) is 17.2 Å². The summed E-state index contributed by atoms with van der Waals surface area (Å²) in [5.74, 6) is -0.232. The van der Waals surface area contributed by atoms with Crippen molar-refractivity contribution < 1.29 is 27.8 Å². The van der Waals surface area contributed by atoms with Gasteiger partial charge in [-0.25, -0.2) is 13.1 Å². The lowest BCUT2D eigenvalue weighted by Crippen LogP contribution is -2.31. The minimum Gasteiger partial charge on any atom is -0.507 e. The molecular formula is C15H23NO6S. The molecule has 23 heavy (non-hydrogen) atoms. The molecule has 0 unspecified atom stereocenters. The Hall–Kier alpha value is -1.80. The Morgan fingerprint density at radius 1 is 1.13 bits per heavy atom. The van der Waals surface area contributed by atoms with Crippen molar-refractivity contribution in [1.82, 2.24) is 4.72 Å². The molecule has 0 saturated heterocycles. The van der Waals surface area contributed by atoms with Gasteiger partial charge in [0.2, 0.25) is 10.0 Å². The fraction of sp³-hybridized carbons (Fsp3) is 0.533. The summed E-state index contributed by atoms with van der Waals surface area (Å²) in [7, 11) is -3.49. The molecule has 130 valence electrons. The third-order valence-electron chi connectivity index (χ3n) is 2.89. The van der Waals surface area contributed by atoms with Crippen molar-refractivity contribution in [1.29, 1.82) is 0 Å². The molecule has 0 aliphatic rings. The molecule has 1 aromatic carbocycles. The Morgan fingerprint density at radius 3 is 2.22 bits per heavy atom. The van der Waals surface area contributed by atoms with Crippen LogP contribution < -0.4 is 14.2 Å². The Bertz CT molecular complexity index is 642. The van der Waals surface area contributed by atoms with E-state index in [0.29, 0.717) is 31.1 Å². The molecular weight excluding hydrogens is 322 g/mol. The number of aromatic hydroxyl groups is 1. The maximum Gasteiger partial charge on any atom is 0.211 e. The van der Waals surface area contributed by atoms with E-state index in [-0.39, 0.29) is 17.1 Å². The second kappa shape index (κ2) is 8.73. The number of hydrogen-bond donors (Lipinski definition) is 2. The molecule has 1 rings (SSSR count). The first-order chi connectivity index (χ1) is 10.8. The van der Waals surface area contributed by atoms with E-state index >= 15 is 0 Å². The molecule has 0 heterocycles. The number of Topliss-reactive ketones (excluding diaryl/α,β-unsaturated/α-hetero) is 1. The smallest absolute Gasteiger partial charge is 0.211 e. The third-order valence-corrected chi connectivity index (χ3v) is 4.42. The molecule has 1 aromatic rings. The first kappa shape index (κ1) is 19.2. The van der Waals surface area contributed by atoms with Gasteiger partial charge in [0.1, 0.15) is 5.75 Å². The van der Waals surface area contributed by atoms with Crippen molar-refractivity contribution >= 4 is 15.8 Å². The predicted octanol–water partition coefficient (Wildman–Crippen LogP) is 1.70. The number of ketones is 1. The van der Waals surface area contributed by atoms with Gasteiger partial charge in [0, 0.05) is 6.07 Å². The summed E-state index contributed by atoms with van der Waals surface area (Å²) in [4.78, 5) is 12.2. The van der Waals surface area contributed by atoms with Crippen LogP contribution in [-0.4, -0.2) is 44.8 Å². The molecule has 2 N–H and O–H groups in total. The van der Waals surface area contributed by atoms with E-state index < -0.39 is 22.4 Å². The Labute approximate surface area is 136 Å². The summed E-state index contributed by atoms with van der Waals surface area (Å²) in [6, 6.07) is 2.66. The zero-order chi connectivity index (χ0) is 17.5. The number of benzene rings is 1. The second-order valence-electron chi connectivity index (χ2n) is 4.75. The highest BCUT2D eigenvalue weighted by Crippen LogP contribution is 2.34. The standard InChI is InChI=1S/C15H23NO6S/c1-4-7-23(19,20)16-10-13(18)11-8-14(21-5-2)15(22-6-3)9-12(11)17/h8-9,16-17H,4-7,10H2,1-3H3. The molecule has 0 amide bonds. The zero-order valence-electron chi connectivity index (χ0n) is 13.6. The van der Waals surface area contributed by atoms with Gasteiger partial charge in [-0.15, -0.1) is 0 Å². The molecule has 0 radical (unpaired) electrons. The highest BCUT2D eigenvalue weighted by atomic mass is 32.2. The predicted molar refractivity (Wildman–Crippen MR) is 86.9 cm³/mol. The van der Waals surface area contributed by atoms with Crippen LogP contribution in [0.3, 0.4) is 0 Å². The zero-order valence-corrected chi connectivity index (χ0v) is 14.4. The maximum atomic E-state index is 12.2. The van der Waals surface area contributed by atoms with E-state index in [1.165, 1.54) is 12.1 Å². The third kappa shape index (κ3) is 5.72. The molecule has 0 atom stereocenters. The minimum absolute atomic E-state index is 0.0175. The first-order valence-corrected chi connectivity index (χ1v) is 9.12. The van der Waals surface area contributed by atoms with Crippen LogP contribution in [0.1, 0.15) is 37.6 Å². The summed E-state index contributed by atoms with van der Waals surface area (Å²) in [5, 5.41) is 9.98. The Kier molecular flexibility index (Phi) is 7.31. The fourth-order valence-corrected chi connectivity index (χ4v) is 2.95. The second-order valence-corrected chi connectivity index (χ2v) is 6.67. The van der Waals surface area contributed by atoms with Crippen molar-refractivity contribution in [3.63, 3.8) is 0 Å². The number of phenols is 1. The Morgan fingerprint density at radius 2 is 1.70 bits per heavy atom. The van der Waals surface area contributed by atoms with Gasteiger partial charge in [-0.2, -0.15) is 0 Å². The molecule has 0 aliphatic carbocycles. The number of hydrogen-bond acceptors (Lipinski definition) is 6. The normalized spacial score (nSPS) is 11.3. The van der Waals surface area contributed by atoms with Gasteiger partial charge in [0.15, 0.2) is 17.3 Å². The van der Waals surface area contributed by atoms with Crippen molar-refractivity contribution in [2.45, 2.75) is 27.2 Å². The van der Waals surface area contributed by atoms with Crippen LogP contribution in [0.15, 0.2) is 12.1 Å². The first-order valence-electron chi connectivity index (χ1n) is 7.47. The lowest BCUT2D eigenvalue weighted by molar-refractivity contribution is 0.0994. The molecule has 0 aromatic heterocycles. The van der Waals surface area contributed by atoms with E-state index in [1.54, 1.807) is 20.8 Å². The molecule has 0 spiro atoms. The van der Waals surface area contributed by atoms with Gasteiger partial charge >= 0.3 is 0 Å². The monoisotopic (exact) mass is 345 g/mol. The van der Waals surface area contributed by atoms with Gasteiger partial charge in [-0.3, -0.25) is 4.79 Å². The van der Waals surface area contributed by atoms with E-state index in [1.807, 2.05) is 0 Å². The van der Waals surface area contributed by atoms with Crippen LogP contribution in [0.4, 0.5) is 0 Å². The van der Waals surface area contributed by atoms with Crippen molar-refractivity contribution in [3.8, 4) is 17.2 Å². The molecule has 0 bridgehead atoms. The van der Waals surface area contributed by atoms with Crippen molar-refractivity contribution in [3.05, 3.63) is 17.7 Å². The van der Waals surface area contributed by atoms with Gasteiger partial charge < -0.3 is 14.6 Å². The van der Waals surface area contributed by atoms with Crippen LogP contribution in [-0.2, 0) is 10.0 Å². The summed E-state index contributed by atoms with van der Waals surface area (Å²) in [5.41, 5.74) is -0.0175. The lowest BCUT2D eigenvalue weighted by atomic mass is 10.1. The number of sulfonamides is 1. The summed E-state index contributed by atoms with van der Waals surface area (Å²) in [6.07, 6.45) is 0.451. The molecule has 7 nitrogen and oxygen atoms in total. The fourth-order valence-electron chi connectivity index (χ4n) is 1.92. The number of rotatable bonds is 10. The molecule has 8 heteroatoms. The summed E-state index contributed by atoms with van der Waals surface area (Å²) < 4.78 is 36.1. The highest BCUT2D eigenvalue weighted by molar-refractivity contribution is 7.89. The quantitative estimate of drug-likeness (QED) is 0.626. The SMILES string of the molecule is CCCS(=O)(=O)NCC(=O)c1cc(OCC)c(OCC)cc1O. The summed E-state index contributed by atoms with van der Waals surface area (Å²) in [6.45, 7) is 5.62. The minimum atomic E-state index is -3.49. The number of ether oxygens (including phenoxy) is 2. The number of phenolic OH excluding ortho intramolecular Hbond substituents is 1. The number of carbonyl (C=O) groups excluding carboxylic acids is 1. The van der Waals surface area contributed by atoms with Gasteiger partial charge in [0.25, 0.3) is 0 Å². The van der Waals surface area contributed by atoms with E-state index in [4.69, 9.17) is 9.47 Å². The molecule has 0 saturated carbocycles. The van der Waals surface area contributed by atoms with Crippen molar-refractivity contribution in [2.75, 3.05) is 25.5 Å².